The number of rotatable bonds is 3. The van der Waals surface area contributed by atoms with E-state index in [2.05, 4.69) is 17.4 Å². The summed E-state index contributed by atoms with van der Waals surface area (Å²) in [5, 5.41) is 3.67. The van der Waals surface area contributed by atoms with Gasteiger partial charge in [-0.25, -0.2) is 4.79 Å². The Bertz CT molecular complexity index is 531. The van der Waals surface area contributed by atoms with Crippen LogP contribution in [0.25, 0.3) is 0 Å². The Labute approximate surface area is 119 Å². The minimum absolute atomic E-state index is 0.234. The molecule has 4 rings (SSSR count). The Morgan fingerprint density at radius 2 is 2.20 bits per heavy atom. The van der Waals surface area contributed by atoms with E-state index < -0.39 is 0 Å². The summed E-state index contributed by atoms with van der Waals surface area (Å²) in [4.78, 5) is 13.3. The smallest absolute Gasteiger partial charge is 0.414 e. The number of hydrogen-bond donors (Lipinski definition) is 1. The number of carbonyl (C=O) groups excluding carboxylic acids is 1. The van der Waals surface area contributed by atoms with Crippen LogP contribution in [0.5, 0.6) is 0 Å². The van der Waals surface area contributed by atoms with Crippen molar-refractivity contribution in [3.63, 3.8) is 0 Å². The number of benzene rings is 1. The second-order valence-corrected chi connectivity index (χ2v) is 6.24. The van der Waals surface area contributed by atoms with Gasteiger partial charge < -0.3 is 10.1 Å². The maximum atomic E-state index is 11.6. The van der Waals surface area contributed by atoms with Crippen molar-refractivity contribution in [1.29, 1.82) is 0 Å². The summed E-state index contributed by atoms with van der Waals surface area (Å²) >= 11 is 0. The SMILES string of the molecule is O=C1OCCN1c1cccc(NC2CC3CCC2C3)c1. The number of carbonyl (C=O) groups is 1. The fourth-order valence-electron chi connectivity index (χ4n) is 4.03. The lowest BCUT2D eigenvalue weighted by Gasteiger charge is -2.24. The van der Waals surface area contributed by atoms with Crippen LogP contribution in [0.2, 0.25) is 0 Å². The molecule has 1 aromatic carbocycles. The summed E-state index contributed by atoms with van der Waals surface area (Å²) in [6.45, 7) is 1.14. The molecular formula is C16H20N2O2. The number of fused-ring (bicyclic) bond motifs is 2. The van der Waals surface area contributed by atoms with E-state index >= 15 is 0 Å². The number of cyclic esters (lactones) is 1. The van der Waals surface area contributed by atoms with E-state index in [-0.39, 0.29) is 6.09 Å². The monoisotopic (exact) mass is 272 g/mol. The normalized spacial score (nSPS) is 31.7. The largest absolute Gasteiger partial charge is 0.447 e. The van der Waals surface area contributed by atoms with E-state index in [0.717, 1.165) is 23.2 Å². The molecule has 1 heterocycles. The molecule has 3 fully saturated rings. The second kappa shape index (κ2) is 4.69. The van der Waals surface area contributed by atoms with Crippen LogP contribution in [0.15, 0.2) is 24.3 Å². The first-order valence-electron chi connectivity index (χ1n) is 7.60. The minimum atomic E-state index is -0.234. The maximum absolute atomic E-state index is 11.6. The second-order valence-electron chi connectivity index (χ2n) is 6.24. The summed E-state index contributed by atoms with van der Waals surface area (Å²) < 4.78 is 5.00. The quantitative estimate of drug-likeness (QED) is 0.918. The van der Waals surface area contributed by atoms with Crippen molar-refractivity contribution < 1.29 is 9.53 Å². The molecule has 3 atom stereocenters. The van der Waals surface area contributed by atoms with Crippen molar-refractivity contribution in [2.75, 3.05) is 23.4 Å². The van der Waals surface area contributed by atoms with Gasteiger partial charge in [0, 0.05) is 17.4 Å². The summed E-state index contributed by atoms with van der Waals surface area (Å²) in [5.74, 6) is 1.79. The average Bonchev–Trinajstić information content (AvgIpc) is 3.15. The first-order chi connectivity index (χ1) is 9.79. The van der Waals surface area contributed by atoms with Gasteiger partial charge in [-0.3, -0.25) is 4.90 Å². The van der Waals surface area contributed by atoms with Gasteiger partial charge in [-0.15, -0.1) is 0 Å². The molecule has 3 unspecified atom stereocenters. The van der Waals surface area contributed by atoms with Gasteiger partial charge >= 0.3 is 6.09 Å². The van der Waals surface area contributed by atoms with E-state index in [4.69, 9.17) is 4.74 Å². The molecule has 0 radical (unpaired) electrons. The Morgan fingerprint density at radius 1 is 1.25 bits per heavy atom. The third-order valence-electron chi connectivity index (χ3n) is 5.01. The van der Waals surface area contributed by atoms with Gasteiger partial charge in [-0.1, -0.05) is 12.5 Å². The number of nitrogens with one attached hydrogen (secondary N) is 1. The van der Waals surface area contributed by atoms with E-state index in [0.29, 0.717) is 19.2 Å². The van der Waals surface area contributed by atoms with E-state index in [1.54, 1.807) is 4.90 Å². The minimum Gasteiger partial charge on any atom is -0.447 e. The Balaban J connectivity index is 1.50. The highest BCUT2D eigenvalue weighted by Crippen LogP contribution is 2.45. The van der Waals surface area contributed by atoms with Crippen LogP contribution in [0.4, 0.5) is 16.2 Å². The lowest BCUT2D eigenvalue weighted by molar-refractivity contribution is 0.181. The molecule has 2 bridgehead atoms. The van der Waals surface area contributed by atoms with E-state index in [1.807, 2.05) is 12.1 Å². The third kappa shape index (κ3) is 2.03. The highest BCUT2D eigenvalue weighted by atomic mass is 16.6. The van der Waals surface area contributed by atoms with E-state index in [1.165, 1.54) is 25.7 Å². The first kappa shape index (κ1) is 12.1. The topological polar surface area (TPSA) is 41.6 Å². The van der Waals surface area contributed by atoms with Crippen LogP contribution in [0.1, 0.15) is 25.7 Å². The predicted molar refractivity (Wildman–Crippen MR) is 78.0 cm³/mol. The molecular weight excluding hydrogens is 252 g/mol. The van der Waals surface area contributed by atoms with Gasteiger partial charge in [0.2, 0.25) is 0 Å². The summed E-state index contributed by atoms with van der Waals surface area (Å²) in [6.07, 6.45) is 5.27. The fourth-order valence-corrected chi connectivity index (χ4v) is 4.03. The Hall–Kier alpha value is -1.71. The van der Waals surface area contributed by atoms with Crippen LogP contribution >= 0.6 is 0 Å². The number of hydrogen-bond acceptors (Lipinski definition) is 3. The van der Waals surface area contributed by atoms with Gasteiger partial charge in [0.25, 0.3) is 0 Å². The van der Waals surface area contributed by atoms with Crippen LogP contribution in [-0.2, 0) is 4.74 Å². The van der Waals surface area contributed by atoms with Crippen molar-refractivity contribution in [3.05, 3.63) is 24.3 Å². The average molecular weight is 272 g/mol. The lowest BCUT2D eigenvalue weighted by Crippen LogP contribution is -2.26. The molecule has 4 heteroatoms. The first-order valence-corrected chi connectivity index (χ1v) is 7.60. The molecule has 1 N–H and O–H groups in total. The van der Waals surface area contributed by atoms with Gasteiger partial charge in [0.15, 0.2) is 0 Å². The highest BCUT2D eigenvalue weighted by molar-refractivity contribution is 5.89. The number of ether oxygens (including phenoxy) is 1. The zero-order chi connectivity index (χ0) is 13.5. The van der Waals surface area contributed by atoms with Crippen molar-refractivity contribution in [2.45, 2.75) is 31.7 Å². The molecule has 1 amide bonds. The fraction of sp³-hybridized carbons (Fsp3) is 0.562. The molecule has 0 aromatic heterocycles. The van der Waals surface area contributed by atoms with Crippen LogP contribution < -0.4 is 10.2 Å². The van der Waals surface area contributed by atoms with Crippen LogP contribution in [0.3, 0.4) is 0 Å². The standard InChI is InChI=1S/C16H20N2O2/c19-16-18(6-7-20-16)14-3-1-2-13(10-14)17-15-9-11-4-5-12(15)8-11/h1-3,10-12,15,17H,4-9H2. The zero-order valence-corrected chi connectivity index (χ0v) is 11.5. The lowest BCUT2D eigenvalue weighted by atomic mass is 9.95. The van der Waals surface area contributed by atoms with Crippen molar-refractivity contribution >= 4 is 17.5 Å². The molecule has 0 spiro atoms. The van der Waals surface area contributed by atoms with Crippen LogP contribution in [0, 0.1) is 11.8 Å². The van der Waals surface area contributed by atoms with Crippen molar-refractivity contribution in [2.24, 2.45) is 11.8 Å². The summed E-state index contributed by atoms with van der Waals surface area (Å²) in [7, 11) is 0. The summed E-state index contributed by atoms with van der Waals surface area (Å²) in [5.41, 5.74) is 2.06. The number of nitrogens with zero attached hydrogens (tertiary/aromatic N) is 1. The van der Waals surface area contributed by atoms with Gasteiger partial charge in [-0.2, -0.15) is 0 Å². The van der Waals surface area contributed by atoms with Gasteiger partial charge in [0.05, 0.1) is 6.54 Å². The molecule has 1 saturated heterocycles. The molecule has 106 valence electrons. The molecule has 1 aliphatic heterocycles. The van der Waals surface area contributed by atoms with Crippen molar-refractivity contribution in [1.82, 2.24) is 0 Å². The molecule has 4 nitrogen and oxygen atoms in total. The Morgan fingerprint density at radius 3 is 2.90 bits per heavy atom. The third-order valence-corrected chi connectivity index (χ3v) is 5.01. The maximum Gasteiger partial charge on any atom is 0.414 e. The zero-order valence-electron chi connectivity index (χ0n) is 11.5. The number of anilines is 2. The van der Waals surface area contributed by atoms with Crippen molar-refractivity contribution in [3.8, 4) is 0 Å². The van der Waals surface area contributed by atoms with Gasteiger partial charge in [-0.05, 0) is 49.3 Å². The number of amides is 1. The molecule has 1 aromatic rings. The molecule has 20 heavy (non-hydrogen) atoms. The highest BCUT2D eigenvalue weighted by Gasteiger charge is 2.39. The van der Waals surface area contributed by atoms with E-state index in [9.17, 15) is 4.79 Å². The van der Waals surface area contributed by atoms with Crippen LogP contribution in [-0.4, -0.2) is 25.3 Å². The molecule has 2 saturated carbocycles. The molecule has 2 aliphatic carbocycles. The summed E-state index contributed by atoms with van der Waals surface area (Å²) in [6, 6.07) is 8.76. The Kier molecular flexibility index (Phi) is 2.83. The predicted octanol–water partition coefficient (Wildman–Crippen LogP) is 3.24. The molecule has 3 aliphatic rings. The van der Waals surface area contributed by atoms with Gasteiger partial charge in [0.1, 0.15) is 6.61 Å².